The molecule has 1 amide bonds. The third kappa shape index (κ3) is 4.35. The van der Waals surface area contributed by atoms with Crippen LogP contribution in [0.5, 0.6) is 0 Å². The molecule has 0 spiro atoms. The monoisotopic (exact) mass is 359 g/mol. The molecule has 1 aromatic carbocycles. The first-order valence-electron chi connectivity index (χ1n) is 6.75. The Labute approximate surface area is 137 Å². The zero-order chi connectivity index (χ0) is 17.0. The lowest BCUT2D eigenvalue weighted by Crippen LogP contribution is -2.34. The third-order valence-electron chi connectivity index (χ3n) is 3.18. The molecule has 0 aliphatic heterocycles. The molecule has 0 saturated heterocycles. The van der Waals surface area contributed by atoms with Crippen molar-refractivity contribution in [3.05, 3.63) is 52.2 Å². The van der Waals surface area contributed by atoms with E-state index in [-0.39, 0.29) is 17.5 Å². The molecule has 23 heavy (non-hydrogen) atoms. The Morgan fingerprint density at radius 2 is 1.87 bits per heavy atom. The van der Waals surface area contributed by atoms with E-state index in [4.69, 9.17) is 0 Å². The first-order valence-corrected chi connectivity index (χ1v) is 9.23. The van der Waals surface area contributed by atoms with Crippen molar-refractivity contribution in [2.24, 2.45) is 0 Å². The van der Waals surface area contributed by atoms with Crippen molar-refractivity contribution in [1.82, 2.24) is 5.32 Å². The fourth-order valence-corrected chi connectivity index (χ4v) is 3.42. The van der Waals surface area contributed by atoms with Crippen LogP contribution in [0, 0.1) is 0 Å². The number of sulfone groups is 1. The fraction of sp³-hybridized carbons (Fsp3) is 0.267. The summed E-state index contributed by atoms with van der Waals surface area (Å²) in [5.74, 6) is -3.86. The zero-order valence-electron chi connectivity index (χ0n) is 12.2. The standard InChI is InChI=1S/C15H15F2NO3S2/c1-10(8-11-6-7-22-9-11)18-14(19)12-2-4-13(5-3-12)23(20,21)15(16)17/h2-7,9-10,15H,8H2,1H3,(H,18,19). The summed E-state index contributed by atoms with van der Waals surface area (Å²) in [6.45, 7) is 1.85. The molecule has 4 nitrogen and oxygen atoms in total. The highest BCUT2D eigenvalue weighted by Gasteiger charge is 2.26. The van der Waals surface area contributed by atoms with Gasteiger partial charge < -0.3 is 5.32 Å². The summed E-state index contributed by atoms with van der Waals surface area (Å²) in [6.07, 6.45) is 0.674. The number of benzene rings is 1. The maximum atomic E-state index is 12.4. The molecule has 0 aliphatic carbocycles. The number of hydrogen-bond donors (Lipinski definition) is 1. The Hall–Kier alpha value is -1.80. The minimum atomic E-state index is -4.64. The Balaban J connectivity index is 2.03. The van der Waals surface area contributed by atoms with Gasteiger partial charge in [-0.05, 0) is 60.0 Å². The molecule has 2 aromatic rings. The molecule has 124 valence electrons. The van der Waals surface area contributed by atoms with Crippen molar-refractivity contribution >= 4 is 27.1 Å². The van der Waals surface area contributed by atoms with Crippen LogP contribution >= 0.6 is 11.3 Å². The molecule has 0 radical (unpaired) electrons. The normalized spacial score (nSPS) is 13.0. The first kappa shape index (κ1) is 17.6. The average Bonchev–Trinajstić information content (AvgIpc) is 2.99. The number of hydrogen-bond acceptors (Lipinski definition) is 4. The molecule has 1 aromatic heterocycles. The molecule has 1 unspecified atom stereocenters. The van der Waals surface area contributed by atoms with Gasteiger partial charge in [-0.15, -0.1) is 0 Å². The topological polar surface area (TPSA) is 63.2 Å². The van der Waals surface area contributed by atoms with Gasteiger partial charge in [-0.3, -0.25) is 4.79 Å². The molecule has 0 aliphatic rings. The van der Waals surface area contributed by atoms with Gasteiger partial charge in [-0.2, -0.15) is 20.1 Å². The molecule has 1 N–H and O–H groups in total. The highest BCUT2D eigenvalue weighted by molar-refractivity contribution is 7.91. The summed E-state index contributed by atoms with van der Waals surface area (Å²) in [4.78, 5) is 11.6. The molecular formula is C15H15F2NO3S2. The number of rotatable bonds is 6. The third-order valence-corrected chi connectivity index (χ3v) is 5.31. The van der Waals surface area contributed by atoms with E-state index in [1.54, 1.807) is 11.3 Å². The maximum absolute atomic E-state index is 12.4. The van der Waals surface area contributed by atoms with Crippen LogP contribution in [0.4, 0.5) is 8.78 Å². The summed E-state index contributed by atoms with van der Waals surface area (Å²) in [6, 6.07) is 6.34. The maximum Gasteiger partial charge on any atom is 0.341 e. The van der Waals surface area contributed by atoms with Gasteiger partial charge in [-0.1, -0.05) is 0 Å². The number of amides is 1. The van der Waals surface area contributed by atoms with Gasteiger partial charge in [0, 0.05) is 11.6 Å². The predicted molar refractivity (Wildman–Crippen MR) is 84.6 cm³/mol. The van der Waals surface area contributed by atoms with Crippen LogP contribution in [0.2, 0.25) is 0 Å². The van der Waals surface area contributed by atoms with Crippen LogP contribution in [0.15, 0.2) is 46.0 Å². The lowest BCUT2D eigenvalue weighted by molar-refractivity contribution is 0.0940. The number of carbonyl (C=O) groups excluding carboxylic acids is 1. The van der Waals surface area contributed by atoms with Crippen molar-refractivity contribution in [3.8, 4) is 0 Å². The Morgan fingerprint density at radius 3 is 2.39 bits per heavy atom. The van der Waals surface area contributed by atoms with Crippen molar-refractivity contribution in [3.63, 3.8) is 0 Å². The van der Waals surface area contributed by atoms with E-state index >= 15 is 0 Å². The second-order valence-corrected chi connectivity index (χ2v) is 7.74. The van der Waals surface area contributed by atoms with E-state index in [1.165, 1.54) is 12.1 Å². The Bertz CT molecular complexity index is 757. The summed E-state index contributed by atoms with van der Waals surface area (Å²) < 4.78 is 47.5. The van der Waals surface area contributed by atoms with Gasteiger partial charge in [0.15, 0.2) is 0 Å². The van der Waals surface area contributed by atoms with Crippen LogP contribution < -0.4 is 5.32 Å². The minimum absolute atomic E-state index is 0.110. The van der Waals surface area contributed by atoms with Crippen LogP contribution in [0.3, 0.4) is 0 Å². The number of halogens is 2. The lowest BCUT2D eigenvalue weighted by Gasteiger charge is -2.13. The average molecular weight is 359 g/mol. The van der Waals surface area contributed by atoms with Gasteiger partial charge in [0.1, 0.15) is 0 Å². The van der Waals surface area contributed by atoms with Crippen LogP contribution in [0.1, 0.15) is 22.8 Å². The van der Waals surface area contributed by atoms with E-state index in [0.717, 1.165) is 17.7 Å². The van der Waals surface area contributed by atoms with Crippen LogP contribution in [-0.4, -0.2) is 26.1 Å². The predicted octanol–water partition coefficient (Wildman–Crippen LogP) is 3.11. The Morgan fingerprint density at radius 1 is 1.22 bits per heavy atom. The van der Waals surface area contributed by atoms with Gasteiger partial charge >= 0.3 is 5.76 Å². The molecule has 0 fully saturated rings. The van der Waals surface area contributed by atoms with Crippen LogP contribution in [0.25, 0.3) is 0 Å². The quantitative estimate of drug-likeness (QED) is 0.862. The molecule has 1 heterocycles. The fourth-order valence-electron chi connectivity index (χ4n) is 2.02. The van der Waals surface area contributed by atoms with Gasteiger partial charge in [0.05, 0.1) is 4.90 Å². The number of nitrogens with one attached hydrogen (secondary N) is 1. The summed E-state index contributed by atoms with van der Waals surface area (Å²) in [7, 11) is -4.64. The molecule has 1 atom stereocenters. The zero-order valence-corrected chi connectivity index (χ0v) is 13.8. The van der Waals surface area contributed by atoms with Crippen molar-refractivity contribution in [1.29, 1.82) is 0 Å². The van der Waals surface area contributed by atoms with Gasteiger partial charge in [-0.25, -0.2) is 8.42 Å². The highest BCUT2D eigenvalue weighted by Crippen LogP contribution is 2.18. The van der Waals surface area contributed by atoms with E-state index in [0.29, 0.717) is 6.42 Å². The lowest BCUT2D eigenvalue weighted by atomic mass is 10.1. The van der Waals surface area contributed by atoms with Crippen LogP contribution in [-0.2, 0) is 16.3 Å². The van der Waals surface area contributed by atoms with E-state index in [9.17, 15) is 22.0 Å². The second-order valence-electron chi connectivity index (χ2n) is 5.04. The van der Waals surface area contributed by atoms with Crippen molar-refractivity contribution in [2.75, 3.05) is 0 Å². The molecular weight excluding hydrogens is 344 g/mol. The first-order chi connectivity index (χ1) is 10.8. The summed E-state index contributed by atoms with van der Waals surface area (Å²) in [5.41, 5.74) is 1.33. The molecule has 0 saturated carbocycles. The molecule has 8 heteroatoms. The minimum Gasteiger partial charge on any atom is -0.349 e. The van der Waals surface area contributed by atoms with E-state index in [1.807, 2.05) is 23.8 Å². The second kappa shape index (κ2) is 7.18. The number of carbonyl (C=O) groups is 1. The van der Waals surface area contributed by atoms with Crippen molar-refractivity contribution in [2.45, 2.75) is 30.0 Å². The van der Waals surface area contributed by atoms with Gasteiger partial charge in [0.25, 0.3) is 5.91 Å². The van der Waals surface area contributed by atoms with Gasteiger partial charge in [0.2, 0.25) is 9.84 Å². The van der Waals surface area contributed by atoms with E-state index < -0.39 is 20.5 Å². The summed E-state index contributed by atoms with van der Waals surface area (Å²) in [5, 5.41) is 6.73. The highest BCUT2D eigenvalue weighted by atomic mass is 32.2. The number of alkyl halides is 2. The Kier molecular flexibility index (Phi) is 5.48. The molecule has 0 bridgehead atoms. The summed E-state index contributed by atoms with van der Waals surface area (Å²) >= 11 is 1.57. The smallest absolute Gasteiger partial charge is 0.341 e. The van der Waals surface area contributed by atoms with E-state index in [2.05, 4.69) is 5.32 Å². The molecule has 2 rings (SSSR count). The van der Waals surface area contributed by atoms with Crippen molar-refractivity contribution < 1.29 is 22.0 Å². The largest absolute Gasteiger partial charge is 0.349 e. The SMILES string of the molecule is CC(Cc1ccsc1)NC(=O)c1ccc(S(=O)(=O)C(F)F)cc1. The number of thiophene rings is 1.